The fourth-order valence-corrected chi connectivity index (χ4v) is 5.49. The fourth-order valence-electron chi connectivity index (χ4n) is 1.80. The molecule has 9 heteroatoms. The summed E-state index contributed by atoms with van der Waals surface area (Å²) in [6.07, 6.45) is 0. The van der Waals surface area contributed by atoms with Gasteiger partial charge in [0.15, 0.2) is 9.84 Å². The third kappa shape index (κ3) is 3.16. The Labute approximate surface area is 120 Å². The van der Waals surface area contributed by atoms with Crippen LogP contribution < -0.4 is 0 Å². The molecule has 1 saturated heterocycles. The number of thioether (sulfide) groups is 1. The van der Waals surface area contributed by atoms with Gasteiger partial charge < -0.3 is 0 Å². The molecule has 0 bridgehead atoms. The molecule has 0 saturated carbocycles. The van der Waals surface area contributed by atoms with Crippen molar-refractivity contribution < 1.29 is 8.42 Å². The molecule has 1 aliphatic heterocycles. The molecule has 1 atom stereocenters. The number of nitrogens with zero attached hydrogens (tertiary/aromatic N) is 3. The Balaban J connectivity index is 2.16. The van der Waals surface area contributed by atoms with Crippen LogP contribution in [0.15, 0.2) is 0 Å². The van der Waals surface area contributed by atoms with Crippen LogP contribution in [0.1, 0.15) is 12.6 Å². The van der Waals surface area contributed by atoms with Gasteiger partial charge >= 0.3 is 0 Å². The van der Waals surface area contributed by atoms with Crippen molar-refractivity contribution in [1.82, 2.24) is 14.5 Å². The van der Waals surface area contributed by atoms with Crippen LogP contribution in [0.5, 0.6) is 0 Å². The average molecular weight is 328 g/mol. The lowest BCUT2D eigenvalue weighted by molar-refractivity contribution is 0.258. The maximum Gasteiger partial charge on any atom is 0.166 e. The predicted molar refractivity (Wildman–Crippen MR) is 75.9 cm³/mol. The van der Waals surface area contributed by atoms with E-state index in [4.69, 9.17) is 11.6 Å². The maximum absolute atomic E-state index is 12.1. The molecule has 102 valence electrons. The molecule has 18 heavy (non-hydrogen) atoms. The molecule has 0 aliphatic carbocycles. The zero-order chi connectivity index (χ0) is 13.2. The van der Waals surface area contributed by atoms with Gasteiger partial charge in [-0.3, -0.25) is 4.90 Å². The zero-order valence-electron chi connectivity index (χ0n) is 9.87. The highest BCUT2D eigenvalue weighted by atomic mass is 35.5. The third-order valence-electron chi connectivity index (χ3n) is 2.87. The molecule has 0 radical (unpaired) electrons. The monoisotopic (exact) mass is 327 g/mol. The molecule has 5 nitrogen and oxygen atoms in total. The molecule has 0 aromatic carbocycles. The van der Waals surface area contributed by atoms with Crippen LogP contribution in [0.4, 0.5) is 0 Å². The summed E-state index contributed by atoms with van der Waals surface area (Å²) in [5.74, 6) is 1.72. The molecule has 2 rings (SSSR count). The van der Waals surface area contributed by atoms with Crippen LogP contribution in [0.2, 0.25) is 4.34 Å². The Morgan fingerprint density at radius 2 is 2.33 bits per heavy atom. The van der Waals surface area contributed by atoms with Gasteiger partial charge in [0.2, 0.25) is 0 Å². The van der Waals surface area contributed by atoms with Crippen LogP contribution in [0.25, 0.3) is 0 Å². The minimum absolute atomic E-state index is 0.164. The van der Waals surface area contributed by atoms with Crippen LogP contribution >= 0.6 is 34.9 Å². The second-order valence-electron chi connectivity index (χ2n) is 3.94. The summed E-state index contributed by atoms with van der Waals surface area (Å²) in [5.41, 5.74) is 0.671. The molecule has 1 fully saturated rings. The smallest absolute Gasteiger partial charge is 0.166 e. The van der Waals surface area contributed by atoms with Gasteiger partial charge in [0, 0.05) is 41.9 Å². The molecule has 0 spiro atoms. The SMILES string of the molecule is CCS(=O)(=O)C1CSCCN1Cc1nnsc1Cl. The minimum Gasteiger partial charge on any atom is -0.280 e. The van der Waals surface area contributed by atoms with Gasteiger partial charge in [-0.05, 0) is 0 Å². The molecule has 1 unspecified atom stereocenters. The van der Waals surface area contributed by atoms with Gasteiger partial charge in [-0.25, -0.2) is 8.42 Å². The predicted octanol–water partition coefficient (Wildman–Crippen LogP) is 1.50. The number of rotatable bonds is 4. The zero-order valence-corrected chi connectivity index (χ0v) is 13.1. The van der Waals surface area contributed by atoms with Crippen molar-refractivity contribution in [2.45, 2.75) is 18.8 Å². The standard InChI is InChI=1S/C9H14ClN3O2S3/c1-2-18(14,15)8-6-16-4-3-13(8)5-7-9(10)17-12-11-7/h8H,2-6H2,1H3. The van der Waals surface area contributed by atoms with E-state index in [1.807, 2.05) is 4.90 Å². The third-order valence-corrected chi connectivity index (χ3v) is 7.19. The highest BCUT2D eigenvalue weighted by molar-refractivity contribution is 8.01. The van der Waals surface area contributed by atoms with Crippen LogP contribution in [-0.4, -0.2) is 52.1 Å². The van der Waals surface area contributed by atoms with Gasteiger partial charge in [0.25, 0.3) is 0 Å². The van der Waals surface area contributed by atoms with Crippen LogP contribution in [0.3, 0.4) is 0 Å². The van der Waals surface area contributed by atoms with Crippen molar-refractivity contribution >= 4 is 44.7 Å². The Morgan fingerprint density at radius 3 is 2.94 bits per heavy atom. The number of aromatic nitrogens is 2. The molecule has 1 aromatic heterocycles. The van der Waals surface area contributed by atoms with Crippen molar-refractivity contribution in [3.8, 4) is 0 Å². The first kappa shape index (κ1) is 14.5. The Bertz CT molecular complexity index is 505. The highest BCUT2D eigenvalue weighted by Gasteiger charge is 2.33. The fraction of sp³-hybridized carbons (Fsp3) is 0.778. The second-order valence-corrected chi connectivity index (χ2v) is 8.90. The maximum atomic E-state index is 12.1. The van der Waals surface area contributed by atoms with Crippen molar-refractivity contribution in [1.29, 1.82) is 0 Å². The summed E-state index contributed by atoms with van der Waals surface area (Å²) in [5, 5.41) is 3.51. The highest BCUT2D eigenvalue weighted by Crippen LogP contribution is 2.25. The summed E-state index contributed by atoms with van der Waals surface area (Å²) < 4.78 is 28.4. The van der Waals surface area contributed by atoms with Crippen LogP contribution in [0, 0.1) is 0 Å². The second kappa shape index (κ2) is 6.04. The van der Waals surface area contributed by atoms with Gasteiger partial charge in [-0.2, -0.15) is 11.8 Å². The van der Waals surface area contributed by atoms with Crippen molar-refractivity contribution in [2.24, 2.45) is 0 Å². The quantitative estimate of drug-likeness (QED) is 0.835. The normalized spacial score (nSPS) is 22.2. The number of halogens is 1. The summed E-state index contributed by atoms with van der Waals surface area (Å²) in [4.78, 5) is 1.94. The first-order valence-corrected chi connectivity index (χ1v) is 9.57. The largest absolute Gasteiger partial charge is 0.280 e. The van der Waals surface area contributed by atoms with Crippen molar-refractivity contribution in [3.63, 3.8) is 0 Å². The molecule has 2 heterocycles. The Hall–Kier alpha value is 0.110. The topological polar surface area (TPSA) is 63.2 Å². The summed E-state index contributed by atoms with van der Waals surface area (Å²) in [6, 6.07) is 0. The van der Waals surface area contributed by atoms with Crippen molar-refractivity contribution in [2.75, 3.05) is 23.8 Å². The van der Waals surface area contributed by atoms with E-state index in [2.05, 4.69) is 9.59 Å². The molecular weight excluding hydrogens is 314 g/mol. The van der Waals surface area contributed by atoms with E-state index in [1.165, 1.54) is 0 Å². The number of hydrogen-bond donors (Lipinski definition) is 0. The minimum atomic E-state index is -3.07. The van der Waals surface area contributed by atoms with E-state index in [0.717, 1.165) is 23.8 Å². The molecular formula is C9H14ClN3O2S3. The Morgan fingerprint density at radius 1 is 1.56 bits per heavy atom. The van der Waals surface area contributed by atoms with E-state index in [1.54, 1.807) is 18.7 Å². The molecule has 0 N–H and O–H groups in total. The van der Waals surface area contributed by atoms with Gasteiger partial charge in [-0.1, -0.05) is 23.0 Å². The Kier molecular flexibility index (Phi) is 4.87. The first-order chi connectivity index (χ1) is 8.54. The lowest BCUT2D eigenvalue weighted by Crippen LogP contribution is -2.47. The van der Waals surface area contributed by atoms with Crippen LogP contribution in [-0.2, 0) is 16.4 Å². The van der Waals surface area contributed by atoms with Gasteiger partial charge in [0.1, 0.15) is 15.4 Å². The average Bonchev–Trinajstić information content (AvgIpc) is 2.76. The molecule has 1 aromatic rings. The summed E-state index contributed by atoms with van der Waals surface area (Å²) >= 11 is 8.78. The summed E-state index contributed by atoms with van der Waals surface area (Å²) in [6.45, 7) is 2.88. The van der Waals surface area contributed by atoms with E-state index in [9.17, 15) is 8.42 Å². The lowest BCUT2D eigenvalue weighted by Gasteiger charge is -2.34. The van der Waals surface area contributed by atoms with Gasteiger partial charge in [-0.15, -0.1) is 5.10 Å². The van der Waals surface area contributed by atoms with E-state index in [0.29, 0.717) is 22.3 Å². The van der Waals surface area contributed by atoms with E-state index in [-0.39, 0.29) is 5.75 Å². The number of sulfone groups is 1. The van der Waals surface area contributed by atoms with Gasteiger partial charge in [0.05, 0.1) is 0 Å². The molecule has 0 amide bonds. The summed E-state index contributed by atoms with van der Waals surface area (Å²) in [7, 11) is -3.07. The molecule has 1 aliphatic rings. The first-order valence-electron chi connectivity index (χ1n) is 5.54. The number of hydrogen-bond acceptors (Lipinski definition) is 7. The van der Waals surface area contributed by atoms with Crippen molar-refractivity contribution in [3.05, 3.63) is 10.0 Å². The lowest BCUT2D eigenvalue weighted by atomic mass is 10.4. The van der Waals surface area contributed by atoms with E-state index >= 15 is 0 Å². The van der Waals surface area contributed by atoms with E-state index < -0.39 is 15.2 Å².